The highest BCUT2D eigenvalue weighted by Gasteiger charge is 2.09. The van der Waals surface area contributed by atoms with E-state index in [9.17, 15) is 5.11 Å². The fourth-order valence-electron chi connectivity index (χ4n) is 2.24. The summed E-state index contributed by atoms with van der Waals surface area (Å²) >= 11 is 3.17. The first-order valence-corrected chi connectivity index (χ1v) is 9.65. The monoisotopic (exact) mass is 385 g/mol. The van der Waals surface area contributed by atoms with E-state index in [2.05, 4.69) is 16.7 Å². The van der Waals surface area contributed by atoms with Crippen LogP contribution < -0.4 is 9.54 Å². The Morgan fingerprint density at radius 3 is 2.85 bits per heavy atom. The molecule has 0 aliphatic heterocycles. The summed E-state index contributed by atoms with van der Waals surface area (Å²) in [6.07, 6.45) is 1.61. The molecule has 134 valence electrons. The first kappa shape index (κ1) is 18.2. The summed E-state index contributed by atoms with van der Waals surface area (Å²) in [6.45, 7) is 6.39. The predicted molar refractivity (Wildman–Crippen MR) is 109 cm³/mol. The summed E-state index contributed by atoms with van der Waals surface area (Å²) in [5.41, 5.74) is 2.52. The smallest absolute Gasteiger partial charge is 0.206 e. The summed E-state index contributed by atoms with van der Waals surface area (Å²) < 4.78 is 6.94. The topological polar surface area (TPSA) is 59.1 Å². The number of para-hydroxylation sites is 1. The van der Waals surface area contributed by atoms with E-state index in [1.54, 1.807) is 34.4 Å². The normalized spacial score (nSPS) is 12.0. The highest BCUT2D eigenvalue weighted by Crippen LogP contribution is 2.28. The number of nitrogens with zero attached hydrogens (tertiary/aromatic N) is 3. The number of aromatic hydroxyl groups is 1. The van der Waals surface area contributed by atoms with Gasteiger partial charge in [0.1, 0.15) is 0 Å². The number of ether oxygens (including phenoxy) is 1. The van der Waals surface area contributed by atoms with Gasteiger partial charge in [-0.05, 0) is 30.5 Å². The number of methoxy groups -OCH3 is 1. The van der Waals surface area contributed by atoms with E-state index in [0.717, 1.165) is 20.9 Å². The Labute approximate surface area is 159 Å². The van der Waals surface area contributed by atoms with Gasteiger partial charge in [0.15, 0.2) is 11.5 Å². The molecule has 0 aliphatic carbocycles. The van der Waals surface area contributed by atoms with E-state index in [1.807, 2.05) is 35.9 Å². The first-order valence-electron chi connectivity index (χ1n) is 7.89. The maximum Gasteiger partial charge on any atom is 0.206 e. The Hall–Kier alpha value is -2.64. The van der Waals surface area contributed by atoms with Crippen molar-refractivity contribution in [2.45, 2.75) is 6.92 Å². The molecule has 1 N–H and O–H groups in total. The summed E-state index contributed by atoms with van der Waals surface area (Å²) in [7, 11) is 1.52. The van der Waals surface area contributed by atoms with Crippen LogP contribution >= 0.6 is 22.7 Å². The van der Waals surface area contributed by atoms with Gasteiger partial charge < -0.3 is 9.84 Å². The van der Waals surface area contributed by atoms with E-state index < -0.39 is 0 Å². The second-order valence-electron chi connectivity index (χ2n) is 5.61. The number of rotatable bonds is 6. The average Bonchev–Trinajstić information content (AvgIpc) is 3.28. The quantitative estimate of drug-likeness (QED) is 0.506. The number of phenols is 1. The largest absolute Gasteiger partial charge is 0.504 e. The van der Waals surface area contributed by atoms with Crippen LogP contribution in [0.1, 0.15) is 12.5 Å². The molecule has 5 nitrogen and oxygen atoms in total. The lowest BCUT2D eigenvalue weighted by atomic mass is 10.2. The van der Waals surface area contributed by atoms with Crippen LogP contribution in [0.5, 0.6) is 11.5 Å². The molecule has 0 aliphatic rings. The van der Waals surface area contributed by atoms with E-state index >= 15 is 0 Å². The van der Waals surface area contributed by atoms with Crippen molar-refractivity contribution < 1.29 is 9.84 Å². The molecular weight excluding hydrogens is 366 g/mol. The minimum atomic E-state index is 0.0627. The molecule has 3 aromatic rings. The molecule has 0 unspecified atom stereocenters. The van der Waals surface area contributed by atoms with Gasteiger partial charge in [0.05, 0.1) is 30.4 Å². The molecule has 1 aromatic carbocycles. The molecule has 0 spiro atoms. The van der Waals surface area contributed by atoms with Crippen molar-refractivity contribution in [2.75, 3.05) is 13.7 Å². The van der Waals surface area contributed by atoms with E-state index in [1.165, 1.54) is 18.4 Å². The summed E-state index contributed by atoms with van der Waals surface area (Å²) in [6, 6.07) is 9.35. The third-order valence-corrected chi connectivity index (χ3v) is 5.25. The van der Waals surface area contributed by atoms with Crippen molar-refractivity contribution in [2.24, 2.45) is 10.1 Å². The van der Waals surface area contributed by atoms with Crippen LogP contribution in [0.15, 0.2) is 63.3 Å². The lowest BCUT2D eigenvalue weighted by Gasteiger charge is -2.05. The van der Waals surface area contributed by atoms with Crippen molar-refractivity contribution in [3.63, 3.8) is 0 Å². The molecule has 26 heavy (non-hydrogen) atoms. The zero-order valence-electron chi connectivity index (χ0n) is 14.5. The van der Waals surface area contributed by atoms with Crippen LogP contribution in [-0.2, 0) is 0 Å². The number of phenolic OH excluding ortho intramolecular Hbond substituents is 1. The molecular formula is C19H19N3O2S2. The fraction of sp³-hybridized carbons (Fsp3) is 0.158. The zero-order valence-corrected chi connectivity index (χ0v) is 16.2. The van der Waals surface area contributed by atoms with Crippen LogP contribution in [0.4, 0.5) is 0 Å². The molecule has 0 saturated heterocycles. The Morgan fingerprint density at radius 1 is 1.31 bits per heavy atom. The number of thiazole rings is 1. The number of hydrogen-bond acceptors (Lipinski definition) is 6. The molecule has 0 fully saturated rings. The van der Waals surface area contributed by atoms with Crippen LogP contribution in [0.25, 0.3) is 10.6 Å². The van der Waals surface area contributed by atoms with Gasteiger partial charge >= 0.3 is 0 Å². The Kier molecular flexibility index (Phi) is 5.70. The minimum absolute atomic E-state index is 0.0627. The molecule has 0 amide bonds. The van der Waals surface area contributed by atoms with Gasteiger partial charge in [-0.2, -0.15) is 5.10 Å². The lowest BCUT2D eigenvalue weighted by molar-refractivity contribution is 0.373. The molecule has 7 heteroatoms. The third-order valence-electron chi connectivity index (χ3n) is 3.51. The summed E-state index contributed by atoms with van der Waals surface area (Å²) in [5, 5.41) is 18.9. The van der Waals surface area contributed by atoms with E-state index in [4.69, 9.17) is 4.74 Å². The van der Waals surface area contributed by atoms with Crippen LogP contribution in [0, 0.1) is 0 Å². The van der Waals surface area contributed by atoms with Crippen molar-refractivity contribution in [3.8, 4) is 22.1 Å². The summed E-state index contributed by atoms with van der Waals surface area (Å²) in [4.78, 5) is 6.47. The van der Waals surface area contributed by atoms with Crippen molar-refractivity contribution in [1.82, 2.24) is 4.68 Å². The van der Waals surface area contributed by atoms with E-state index in [-0.39, 0.29) is 5.75 Å². The van der Waals surface area contributed by atoms with E-state index in [0.29, 0.717) is 17.9 Å². The zero-order chi connectivity index (χ0) is 18.5. The SMILES string of the molecule is C=C(C)CN=c1scc(-c2cccs2)n1N=Cc1cccc(OC)c1O. The molecule has 0 bridgehead atoms. The van der Waals surface area contributed by atoms with Crippen molar-refractivity contribution in [1.29, 1.82) is 0 Å². The highest BCUT2D eigenvalue weighted by molar-refractivity contribution is 7.14. The minimum Gasteiger partial charge on any atom is -0.504 e. The van der Waals surface area contributed by atoms with Gasteiger partial charge in [-0.15, -0.1) is 22.7 Å². The number of hydrogen-bond donors (Lipinski definition) is 1. The molecule has 0 atom stereocenters. The molecule has 0 radical (unpaired) electrons. The average molecular weight is 386 g/mol. The standard InChI is InChI=1S/C19H19N3O2S2/c1-13(2)10-20-19-22(15(12-26-19)17-8-5-9-25-17)21-11-14-6-4-7-16(24-3)18(14)23/h4-9,11-12,23H,1,10H2,2-3H3. The number of aromatic nitrogens is 1. The van der Waals surface area contributed by atoms with Crippen molar-refractivity contribution >= 4 is 28.9 Å². The Bertz CT molecular complexity index is 998. The molecule has 2 aromatic heterocycles. The second kappa shape index (κ2) is 8.16. The Balaban J connectivity index is 2.06. The fourth-order valence-corrected chi connectivity index (χ4v) is 3.87. The van der Waals surface area contributed by atoms with Gasteiger partial charge in [0, 0.05) is 10.9 Å². The lowest BCUT2D eigenvalue weighted by Crippen LogP contribution is -2.12. The van der Waals surface area contributed by atoms with Gasteiger partial charge in [0.2, 0.25) is 4.80 Å². The number of benzene rings is 1. The number of thiophene rings is 1. The van der Waals surface area contributed by atoms with Gasteiger partial charge in [-0.3, -0.25) is 4.99 Å². The predicted octanol–water partition coefficient (Wildman–Crippen LogP) is 4.35. The molecule has 3 rings (SSSR count). The third kappa shape index (κ3) is 3.95. The second-order valence-corrected chi connectivity index (χ2v) is 7.39. The Morgan fingerprint density at radius 2 is 2.15 bits per heavy atom. The first-order chi connectivity index (χ1) is 12.6. The van der Waals surface area contributed by atoms with Gasteiger partial charge in [-0.1, -0.05) is 24.3 Å². The van der Waals surface area contributed by atoms with Crippen LogP contribution in [0.2, 0.25) is 0 Å². The highest BCUT2D eigenvalue weighted by atomic mass is 32.1. The summed E-state index contributed by atoms with van der Waals surface area (Å²) in [5.74, 6) is 0.475. The molecule has 2 heterocycles. The van der Waals surface area contributed by atoms with Gasteiger partial charge in [-0.25, -0.2) is 4.68 Å². The maximum atomic E-state index is 10.3. The maximum absolute atomic E-state index is 10.3. The van der Waals surface area contributed by atoms with Crippen molar-refractivity contribution in [3.05, 3.63) is 63.6 Å². The van der Waals surface area contributed by atoms with Crippen LogP contribution in [0.3, 0.4) is 0 Å². The van der Waals surface area contributed by atoms with Crippen LogP contribution in [-0.4, -0.2) is 29.7 Å². The molecule has 0 saturated carbocycles. The van der Waals surface area contributed by atoms with Gasteiger partial charge in [0.25, 0.3) is 0 Å².